The van der Waals surface area contributed by atoms with Gasteiger partial charge in [0.2, 0.25) is 0 Å². The molecule has 1 saturated heterocycles. The van der Waals surface area contributed by atoms with Gasteiger partial charge >= 0.3 is 13.1 Å². The lowest BCUT2D eigenvalue weighted by molar-refractivity contribution is -0.185. The van der Waals surface area contributed by atoms with Gasteiger partial charge in [0.1, 0.15) is 5.60 Å². The van der Waals surface area contributed by atoms with Crippen LogP contribution in [0.5, 0.6) is 0 Å². The van der Waals surface area contributed by atoms with Gasteiger partial charge in [0.25, 0.3) is 0 Å². The van der Waals surface area contributed by atoms with Gasteiger partial charge in [-0.25, -0.2) is 0 Å². The summed E-state index contributed by atoms with van der Waals surface area (Å²) in [6.45, 7) is 12.3. The highest BCUT2D eigenvalue weighted by atomic mass is 16.7. The fourth-order valence-electron chi connectivity index (χ4n) is 4.87. The molecule has 5 atom stereocenters. The zero-order valence-electron chi connectivity index (χ0n) is 17.0. The fraction of sp³-hybridized carbons (Fsp3) is 0.850. The third-order valence-electron chi connectivity index (χ3n) is 6.35. The van der Waals surface area contributed by atoms with Crippen LogP contribution in [0.2, 0.25) is 6.32 Å². The zero-order valence-corrected chi connectivity index (χ0v) is 17.0. The first-order chi connectivity index (χ1) is 11.9. The maximum atomic E-state index is 11.7. The second-order valence-corrected chi connectivity index (χ2v) is 10.0. The van der Waals surface area contributed by atoms with Crippen LogP contribution in [0, 0.1) is 17.3 Å². The molecular weight excluding hydrogens is 331 g/mol. The molecule has 5 nitrogen and oxygen atoms in total. The highest BCUT2D eigenvalue weighted by Crippen LogP contribution is 2.64. The van der Waals surface area contributed by atoms with E-state index in [-0.39, 0.29) is 25.2 Å². The molecule has 4 fully saturated rings. The predicted molar refractivity (Wildman–Crippen MR) is 101 cm³/mol. The number of esters is 1. The van der Waals surface area contributed by atoms with Gasteiger partial charge in [-0.15, -0.1) is 0 Å². The van der Waals surface area contributed by atoms with Crippen LogP contribution >= 0.6 is 0 Å². The smallest absolute Gasteiger partial charge is 0.460 e. The van der Waals surface area contributed by atoms with Crippen LogP contribution in [0.25, 0.3) is 0 Å². The summed E-state index contributed by atoms with van der Waals surface area (Å²) >= 11 is 0. The summed E-state index contributed by atoms with van der Waals surface area (Å²) in [5.41, 5.74) is -0.370. The summed E-state index contributed by atoms with van der Waals surface area (Å²) in [6, 6.07) is 0. The van der Waals surface area contributed by atoms with E-state index in [0.717, 1.165) is 12.3 Å². The molecule has 0 aromatic heterocycles. The molecular formula is C20H33BO5. The number of rotatable bonds is 5. The van der Waals surface area contributed by atoms with E-state index < -0.39 is 17.7 Å². The Morgan fingerprint density at radius 2 is 2.08 bits per heavy atom. The van der Waals surface area contributed by atoms with Gasteiger partial charge in [0.15, 0.2) is 0 Å². The van der Waals surface area contributed by atoms with Gasteiger partial charge in [0.05, 0.1) is 24.2 Å². The number of aliphatic hydroxyl groups excluding tert-OH is 1. The number of allylic oxidation sites excluding steroid dienone is 1. The van der Waals surface area contributed by atoms with Crippen molar-refractivity contribution < 1.29 is 23.9 Å². The second kappa shape index (κ2) is 6.64. The second-order valence-electron chi connectivity index (χ2n) is 10.0. The number of ether oxygens (including phenoxy) is 1. The first kappa shape index (κ1) is 19.9. The van der Waals surface area contributed by atoms with Crippen LogP contribution in [-0.2, 0) is 18.8 Å². The lowest BCUT2D eigenvalue weighted by Crippen LogP contribution is -2.63. The third-order valence-corrected chi connectivity index (χ3v) is 6.35. The number of hydrogen-bond acceptors (Lipinski definition) is 5. The lowest BCUT2D eigenvalue weighted by atomic mass is 9.45. The summed E-state index contributed by atoms with van der Waals surface area (Å²) in [5, 5.41) is 10.00. The Morgan fingerprint density at radius 3 is 2.69 bits per heavy atom. The van der Waals surface area contributed by atoms with Crippen molar-refractivity contribution >= 4 is 13.1 Å². The molecule has 4 aliphatic rings. The maximum absolute atomic E-state index is 11.7. The minimum atomic E-state index is -0.851. The van der Waals surface area contributed by atoms with Gasteiger partial charge in [-0.1, -0.05) is 26.0 Å². The van der Waals surface area contributed by atoms with Gasteiger partial charge in [-0.2, -0.15) is 0 Å². The summed E-state index contributed by atoms with van der Waals surface area (Å²) < 4.78 is 17.7. The van der Waals surface area contributed by atoms with E-state index in [2.05, 4.69) is 20.8 Å². The van der Waals surface area contributed by atoms with Crippen molar-refractivity contribution in [3.05, 3.63) is 12.2 Å². The Hall–Kier alpha value is -0.845. The molecule has 0 amide bonds. The molecule has 6 heteroatoms. The minimum absolute atomic E-state index is 0.0432. The van der Waals surface area contributed by atoms with Crippen molar-refractivity contribution in [1.82, 2.24) is 0 Å². The van der Waals surface area contributed by atoms with Crippen molar-refractivity contribution in [2.24, 2.45) is 17.3 Å². The fourth-order valence-corrected chi connectivity index (χ4v) is 4.87. The van der Waals surface area contributed by atoms with Crippen LogP contribution in [0.3, 0.4) is 0 Å². The Bertz CT molecular complexity index is 581. The summed E-state index contributed by atoms with van der Waals surface area (Å²) in [5.74, 6) is 0.892. The van der Waals surface area contributed by atoms with Gasteiger partial charge in [-0.05, 0) is 57.8 Å². The quantitative estimate of drug-likeness (QED) is 0.460. The van der Waals surface area contributed by atoms with Gasteiger partial charge in [0, 0.05) is 6.32 Å². The molecule has 1 heterocycles. The first-order valence-electron chi connectivity index (χ1n) is 9.80. The summed E-state index contributed by atoms with van der Waals surface area (Å²) in [6.07, 6.45) is 5.62. The molecule has 26 heavy (non-hydrogen) atoms. The number of aliphatic hydroxyl groups is 1. The molecule has 3 aliphatic carbocycles. The number of carbonyl (C=O) groups is 1. The average molecular weight is 364 g/mol. The topological polar surface area (TPSA) is 65.0 Å². The zero-order chi connectivity index (χ0) is 19.3. The van der Waals surface area contributed by atoms with Crippen LogP contribution < -0.4 is 0 Å². The Kier molecular flexibility index (Phi) is 5.09. The highest BCUT2D eigenvalue weighted by molar-refractivity contribution is 6.46. The lowest BCUT2D eigenvalue weighted by Gasteiger charge is -2.63. The van der Waals surface area contributed by atoms with E-state index in [1.165, 1.54) is 6.42 Å². The van der Waals surface area contributed by atoms with E-state index in [1.54, 1.807) is 6.08 Å². The van der Waals surface area contributed by atoms with Crippen LogP contribution in [0.15, 0.2) is 12.2 Å². The first-order valence-corrected chi connectivity index (χ1v) is 9.80. The van der Waals surface area contributed by atoms with E-state index in [0.29, 0.717) is 17.7 Å². The Labute approximate surface area is 157 Å². The standard InChI is InChI=1S/C20H33BO5/c1-18(2,3)24-16(23)11-14(22)8-7-9-21-25-17-15-10-13(19(15,4)5)12-20(17,6)26-21/h7-8,13-15,17,22H,9-12H2,1-6H3/t13-,14?,15+,17-,20+/m1/s1. The molecule has 1 aliphatic heterocycles. The molecule has 146 valence electrons. The average Bonchev–Trinajstić information content (AvgIpc) is 2.80. The largest absolute Gasteiger partial charge is 0.461 e. The van der Waals surface area contributed by atoms with Crippen molar-refractivity contribution in [1.29, 1.82) is 0 Å². The van der Waals surface area contributed by atoms with Crippen LogP contribution in [0.1, 0.15) is 60.8 Å². The minimum Gasteiger partial charge on any atom is -0.460 e. The Balaban J connectivity index is 1.47. The van der Waals surface area contributed by atoms with Crippen LogP contribution in [-0.4, -0.2) is 41.6 Å². The SMILES string of the molecule is CC(C)(C)OC(=O)CC(O)C=CCB1O[C@@H]2[C@@H]3C[C@H](C[C@]2(C)O1)C3(C)C. The van der Waals surface area contributed by atoms with Gasteiger partial charge in [-0.3, -0.25) is 4.79 Å². The molecule has 1 unspecified atom stereocenters. The van der Waals surface area contributed by atoms with E-state index in [9.17, 15) is 9.90 Å². The third kappa shape index (κ3) is 3.88. The van der Waals surface area contributed by atoms with E-state index >= 15 is 0 Å². The number of carbonyl (C=O) groups excluding carboxylic acids is 1. The molecule has 0 aromatic rings. The maximum Gasteiger partial charge on any atom is 0.461 e. The molecule has 0 spiro atoms. The van der Waals surface area contributed by atoms with E-state index in [4.69, 9.17) is 14.0 Å². The molecule has 0 aromatic carbocycles. The van der Waals surface area contributed by atoms with Crippen molar-refractivity contribution in [3.8, 4) is 0 Å². The molecule has 0 radical (unpaired) electrons. The highest BCUT2D eigenvalue weighted by Gasteiger charge is 2.66. The Morgan fingerprint density at radius 1 is 1.38 bits per heavy atom. The number of hydrogen-bond donors (Lipinski definition) is 1. The van der Waals surface area contributed by atoms with E-state index in [1.807, 2.05) is 26.8 Å². The van der Waals surface area contributed by atoms with Crippen molar-refractivity contribution in [3.63, 3.8) is 0 Å². The van der Waals surface area contributed by atoms with Crippen LogP contribution in [0.4, 0.5) is 0 Å². The van der Waals surface area contributed by atoms with Gasteiger partial charge < -0.3 is 19.2 Å². The van der Waals surface area contributed by atoms with Crippen molar-refractivity contribution in [2.75, 3.05) is 0 Å². The summed E-state index contributed by atoms with van der Waals surface area (Å²) in [4.78, 5) is 11.7. The molecule has 2 bridgehead atoms. The molecule has 1 N–H and O–H groups in total. The monoisotopic (exact) mass is 364 g/mol. The summed E-state index contributed by atoms with van der Waals surface area (Å²) in [7, 11) is -0.273. The molecule has 4 rings (SSSR count). The normalized spacial score (nSPS) is 36.6. The van der Waals surface area contributed by atoms with Crippen molar-refractivity contribution in [2.45, 2.75) is 90.5 Å². The predicted octanol–water partition coefficient (Wildman–Crippen LogP) is 3.36. The molecule has 3 saturated carbocycles.